The van der Waals surface area contributed by atoms with Crippen molar-refractivity contribution in [1.82, 2.24) is 4.98 Å². The molecule has 23 heavy (non-hydrogen) atoms. The van der Waals surface area contributed by atoms with Crippen molar-refractivity contribution in [2.24, 2.45) is 5.73 Å². The lowest BCUT2D eigenvalue weighted by Gasteiger charge is -2.04. The Labute approximate surface area is 132 Å². The Morgan fingerprint density at radius 1 is 1.13 bits per heavy atom. The highest BCUT2D eigenvalue weighted by Gasteiger charge is 2.11. The fourth-order valence-electron chi connectivity index (χ4n) is 2.31. The number of aromatic amines is 1. The second-order valence-electron chi connectivity index (χ2n) is 5.04. The summed E-state index contributed by atoms with van der Waals surface area (Å²) >= 11 is 0. The van der Waals surface area contributed by atoms with Gasteiger partial charge in [-0.3, -0.25) is 9.59 Å². The molecule has 2 amide bonds. The maximum absolute atomic E-state index is 12.3. The van der Waals surface area contributed by atoms with Gasteiger partial charge < -0.3 is 20.8 Å². The molecule has 0 aliphatic carbocycles. The number of amides is 2. The molecule has 0 bridgehead atoms. The summed E-state index contributed by atoms with van der Waals surface area (Å²) in [6.07, 6.45) is 0. The van der Waals surface area contributed by atoms with Crippen LogP contribution in [0.4, 0.5) is 5.69 Å². The number of carbonyl (C=O) groups is 2. The molecule has 0 aliphatic rings. The summed E-state index contributed by atoms with van der Waals surface area (Å²) in [7, 11) is 1.59. The third-order valence-corrected chi connectivity index (χ3v) is 3.48. The molecule has 0 fully saturated rings. The number of aromatic nitrogens is 1. The molecule has 1 heterocycles. The molecule has 3 rings (SSSR count). The third-order valence-electron chi connectivity index (χ3n) is 3.48. The second kappa shape index (κ2) is 5.84. The lowest BCUT2D eigenvalue weighted by Crippen LogP contribution is -2.14. The molecule has 1 aromatic heterocycles. The number of nitrogens with two attached hydrogens (primary N) is 1. The molecule has 0 saturated heterocycles. The van der Waals surface area contributed by atoms with Gasteiger partial charge >= 0.3 is 0 Å². The average Bonchev–Trinajstić information content (AvgIpc) is 2.98. The lowest BCUT2D eigenvalue weighted by atomic mass is 10.2. The number of methoxy groups -OCH3 is 1. The first kappa shape index (κ1) is 14.6. The van der Waals surface area contributed by atoms with E-state index in [4.69, 9.17) is 10.5 Å². The molecule has 0 spiro atoms. The zero-order valence-electron chi connectivity index (χ0n) is 12.4. The maximum Gasteiger partial charge on any atom is 0.272 e. The van der Waals surface area contributed by atoms with Crippen LogP contribution in [0.25, 0.3) is 10.9 Å². The van der Waals surface area contributed by atoms with Gasteiger partial charge in [0.25, 0.3) is 5.91 Å². The number of primary amides is 1. The summed E-state index contributed by atoms with van der Waals surface area (Å²) in [6.45, 7) is 0. The van der Waals surface area contributed by atoms with Crippen molar-refractivity contribution < 1.29 is 14.3 Å². The van der Waals surface area contributed by atoms with E-state index in [0.717, 1.165) is 16.7 Å². The van der Waals surface area contributed by atoms with Crippen molar-refractivity contribution in [2.75, 3.05) is 12.4 Å². The van der Waals surface area contributed by atoms with Gasteiger partial charge in [-0.1, -0.05) is 6.07 Å². The largest absolute Gasteiger partial charge is 0.497 e. The van der Waals surface area contributed by atoms with Crippen molar-refractivity contribution >= 4 is 28.4 Å². The van der Waals surface area contributed by atoms with Crippen LogP contribution < -0.4 is 15.8 Å². The lowest BCUT2D eigenvalue weighted by molar-refractivity contribution is 0.0995. The zero-order valence-corrected chi connectivity index (χ0v) is 12.4. The van der Waals surface area contributed by atoms with Gasteiger partial charge in [-0.2, -0.15) is 0 Å². The minimum Gasteiger partial charge on any atom is -0.497 e. The van der Waals surface area contributed by atoms with E-state index in [1.807, 2.05) is 18.2 Å². The number of H-pyrrole nitrogens is 1. The normalized spacial score (nSPS) is 10.5. The standard InChI is InChI=1S/C17H15N3O3/c1-23-13-5-6-14-11(8-13)9-15(20-14)17(22)19-12-4-2-3-10(7-12)16(18)21/h2-9,20H,1H3,(H2,18,21)(H,19,22). The van der Waals surface area contributed by atoms with Gasteiger partial charge in [0.15, 0.2) is 0 Å². The van der Waals surface area contributed by atoms with Gasteiger partial charge in [0.1, 0.15) is 11.4 Å². The first-order valence-corrected chi connectivity index (χ1v) is 6.95. The van der Waals surface area contributed by atoms with Crippen molar-refractivity contribution in [3.05, 3.63) is 59.8 Å². The molecule has 4 N–H and O–H groups in total. The smallest absolute Gasteiger partial charge is 0.272 e. The van der Waals surface area contributed by atoms with Crippen LogP contribution in [0.1, 0.15) is 20.8 Å². The van der Waals surface area contributed by atoms with Gasteiger partial charge in [-0.25, -0.2) is 0 Å². The number of ether oxygens (including phenoxy) is 1. The number of nitrogens with one attached hydrogen (secondary N) is 2. The van der Waals surface area contributed by atoms with Crippen LogP contribution >= 0.6 is 0 Å². The second-order valence-corrected chi connectivity index (χ2v) is 5.04. The first-order chi connectivity index (χ1) is 11.1. The summed E-state index contributed by atoms with van der Waals surface area (Å²) in [5.41, 5.74) is 7.32. The van der Waals surface area contributed by atoms with E-state index in [9.17, 15) is 9.59 Å². The van der Waals surface area contributed by atoms with E-state index in [2.05, 4.69) is 10.3 Å². The Bertz CT molecular complexity index is 899. The first-order valence-electron chi connectivity index (χ1n) is 6.95. The van der Waals surface area contributed by atoms with Gasteiger partial charge in [-0.15, -0.1) is 0 Å². The molecule has 116 valence electrons. The summed E-state index contributed by atoms with van der Waals surface area (Å²) in [4.78, 5) is 26.6. The minimum absolute atomic E-state index is 0.304. The highest BCUT2D eigenvalue weighted by Crippen LogP contribution is 2.22. The third kappa shape index (κ3) is 3.01. The molecule has 3 aromatic rings. The Balaban J connectivity index is 1.85. The van der Waals surface area contributed by atoms with Crippen LogP contribution in [-0.4, -0.2) is 23.9 Å². The highest BCUT2D eigenvalue weighted by molar-refractivity contribution is 6.06. The van der Waals surface area contributed by atoms with Crippen molar-refractivity contribution in [3.8, 4) is 5.75 Å². The van der Waals surface area contributed by atoms with E-state index in [-0.39, 0.29) is 5.91 Å². The van der Waals surface area contributed by atoms with Crippen LogP contribution in [0.15, 0.2) is 48.5 Å². The van der Waals surface area contributed by atoms with Crippen molar-refractivity contribution in [1.29, 1.82) is 0 Å². The Morgan fingerprint density at radius 2 is 1.96 bits per heavy atom. The van der Waals surface area contributed by atoms with Crippen molar-refractivity contribution in [3.63, 3.8) is 0 Å². The molecule has 0 unspecified atom stereocenters. The number of hydrogen-bond donors (Lipinski definition) is 3. The minimum atomic E-state index is -0.543. The maximum atomic E-state index is 12.3. The number of benzene rings is 2. The average molecular weight is 309 g/mol. The summed E-state index contributed by atoms with van der Waals surface area (Å²) < 4.78 is 5.17. The van der Waals surface area contributed by atoms with Gasteiger partial charge in [0.05, 0.1) is 7.11 Å². The predicted molar refractivity (Wildman–Crippen MR) is 87.8 cm³/mol. The quantitative estimate of drug-likeness (QED) is 0.690. The van der Waals surface area contributed by atoms with E-state index >= 15 is 0 Å². The Hall–Kier alpha value is -3.28. The predicted octanol–water partition coefficient (Wildman–Crippen LogP) is 2.53. The molecular weight excluding hydrogens is 294 g/mol. The highest BCUT2D eigenvalue weighted by atomic mass is 16.5. The van der Waals surface area contributed by atoms with Gasteiger partial charge in [0.2, 0.25) is 5.91 Å². The van der Waals surface area contributed by atoms with E-state index in [1.165, 1.54) is 6.07 Å². The number of hydrogen-bond acceptors (Lipinski definition) is 3. The van der Waals surface area contributed by atoms with E-state index < -0.39 is 5.91 Å². The zero-order chi connectivity index (χ0) is 16.4. The van der Waals surface area contributed by atoms with Crippen molar-refractivity contribution in [2.45, 2.75) is 0 Å². The molecule has 0 saturated carbocycles. The number of fused-ring (bicyclic) bond motifs is 1. The number of rotatable bonds is 4. The molecule has 0 atom stereocenters. The summed E-state index contributed by atoms with van der Waals surface area (Å²) in [5, 5.41) is 3.61. The molecule has 2 aromatic carbocycles. The van der Waals surface area contributed by atoms with Gasteiger partial charge in [0, 0.05) is 22.2 Å². The van der Waals surface area contributed by atoms with E-state index in [1.54, 1.807) is 31.4 Å². The van der Waals surface area contributed by atoms with Crippen LogP contribution in [0, 0.1) is 0 Å². The monoisotopic (exact) mass is 309 g/mol. The topological polar surface area (TPSA) is 97.2 Å². The van der Waals surface area contributed by atoms with Crippen LogP contribution in [-0.2, 0) is 0 Å². The number of carbonyl (C=O) groups excluding carboxylic acids is 2. The molecule has 0 radical (unpaired) electrons. The Morgan fingerprint density at radius 3 is 2.70 bits per heavy atom. The molecule has 6 nitrogen and oxygen atoms in total. The molecular formula is C17H15N3O3. The van der Waals surface area contributed by atoms with Crippen LogP contribution in [0.3, 0.4) is 0 Å². The number of anilines is 1. The Kier molecular flexibility index (Phi) is 3.72. The van der Waals surface area contributed by atoms with Gasteiger partial charge in [-0.05, 0) is 42.5 Å². The molecule has 0 aliphatic heterocycles. The van der Waals surface area contributed by atoms with Crippen LogP contribution in [0.5, 0.6) is 5.75 Å². The van der Waals surface area contributed by atoms with Crippen LogP contribution in [0.2, 0.25) is 0 Å². The summed E-state index contributed by atoms with van der Waals surface area (Å²) in [6, 6.07) is 13.7. The van der Waals surface area contributed by atoms with E-state index in [0.29, 0.717) is 16.9 Å². The fraction of sp³-hybridized carbons (Fsp3) is 0.0588. The summed E-state index contributed by atoms with van der Waals surface area (Å²) in [5.74, 6) is -0.127. The molecule has 6 heteroatoms. The fourth-order valence-corrected chi connectivity index (χ4v) is 2.31. The SMILES string of the molecule is COc1ccc2[nH]c(C(=O)Nc3cccc(C(N)=O)c3)cc2c1.